The lowest BCUT2D eigenvalue weighted by atomic mass is 10.2. The molecule has 3 heterocycles. The van der Waals surface area contributed by atoms with E-state index in [1.165, 1.54) is 11.8 Å². The van der Waals surface area contributed by atoms with Gasteiger partial charge in [0.1, 0.15) is 17.4 Å². The number of benzene rings is 1. The molecule has 4 rings (SSSR count). The number of thioether (sulfide) groups is 1. The number of nitrogens with zero attached hydrogens (tertiary/aromatic N) is 2. The van der Waals surface area contributed by atoms with Crippen LogP contribution < -0.4 is 20.3 Å². The van der Waals surface area contributed by atoms with E-state index in [0.717, 1.165) is 5.69 Å². The first-order valence-corrected chi connectivity index (χ1v) is 10.1. The van der Waals surface area contributed by atoms with Crippen LogP contribution in [0.5, 0.6) is 11.5 Å². The third-order valence-electron chi connectivity index (χ3n) is 4.15. The Morgan fingerprint density at radius 2 is 2.00 bits per heavy atom. The van der Waals surface area contributed by atoms with E-state index >= 15 is 0 Å². The molecular formula is C20H18N4O5S. The highest BCUT2D eigenvalue weighted by Crippen LogP contribution is 2.30. The first-order valence-electron chi connectivity index (χ1n) is 9.09. The number of aromatic nitrogens is 2. The van der Waals surface area contributed by atoms with E-state index in [1.54, 1.807) is 36.5 Å². The average molecular weight is 426 g/mol. The lowest BCUT2D eigenvalue weighted by Gasteiger charge is -2.25. The normalized spacial score (nSPS) is 14.8. The summed E-state index contributed by atoms with van der Waals surface area (Å²) in [5, 5.41) is 4.44. The van der Waals surface area contributed by atoms with Crippen molar-refractivity contribution in [2.75, 3.05) is 6.61 Å². The molecule has 30 heavy (non-hydrogen) atoms. The van der Waals surface area contributed by atoms with Crippen molar-refractivity contribution >= 4 is 23.6 Å². The van der Waals surface area contributed by atoms with Gasteiger partial charge >= 0.3 is 0 Å². The van der Waals surface area contributed by atoms with Gasteiger partial charge in [-0.05, 0) is 31.2 Å². The lowest BCUT2D eigenvalue weighted by molar-refractivity contribution is -0.131. The summed E-state index contributed by atoms with van der Waals surface area (Å²) in [5.41, 5.74) is 5.85. The molecule has 154 valence electrons. The molecule has 0 aliphatic carbocycles. The van der Waals surface area contributed by atoms with Crippen molar-refractivity contribution in [1.29, 1.82) is 0 Å². The van der Waals surface area contributed by atoms with Gasteiger partial charge in [-0.3, -0.25) is 20.4 Å². The fraction of sp³-hybridized carbons (Fsp3) is 0.200. The Hall–Kier alpha value is -3.53. The third-order valence-corrected chi connectivity index (χ3v) is 5.19. The number of hydrogen-bond donors (Lipinski definition) is 2. The Bertz CT molecular complexity index is 1070. The van der Waals surface area contributed by atoms with Crippen molar-refractivity contribution < 1.29 is 23.6 Å². The number of carbonyl (C=O) groups is 2. The number of rotatable bonds is 5. The summed E-state index contributed by atoms with van der Waals surface area (Å²) in [4.78, 5) is 29.2. The quantitative estimate of drug-likeness (QED) is 0.472. The highest BCUT2D eigenvalue weighted by Gasteiger charge is 2.27. The van der Waals surface area contributed by atoms with E-state index in [2.05, 4.69) is 21.0 Å². The lowest BCUT2D eigenvalue weighted by Crippen LogP contribution is -2.50. The molecule has 0 saturated carbocycles. The summed E-state index contributed by atoms with van der Waals surface area (Å²) in [7, 11) is 0. The van der Waals surface area contributed by atoms with E-state index in [1.807, 2.05) is 19.1 Å². The van der Waals surface area contributed by atoms with E-state index in [4.69, 9.17) is 14.0 Å². The summed E-state index contributed by atoms with van der Waals surface area (Å²) in [5.74, 6) is 1.24. The van der Waals surface area contributed by atoms with E-state index in [9.17, 15) is 9.59 Å². The highest BCUT2D eigenvalue weighted by atomic mass is 32.2. The van der Waals surface area contributed by atoms with Gasteiger partial charge in [0.05, 0.1) is 11.3 Å². The first kappa shape index (κ1) is 19.8. The molecule has 0 radical (unpaired) electrons. The summed E-state index contributed by atoms with van der Waals surface area (Å²) >= 11 is 1.34. The van der Waals surface area contributed by atoms with Crippen molar-refractivity contribution in [3.63, 3.8) is 0 Å². The maximum atomic E-state index is 12.6. The number of amides is 2. The van der Waals surface area contributed by atoms with Crippen LogP contribution in [0.3, 0.4) is 0 Å². The summed E-state index contributed by atoms with van der Waals surface area (Å²) in [6.07, 6.45) is 0.717. The summed E-state index contributed by atoms with van der Waals surface area (Å²) < 4.78 is 16.2. The SMILES string of the molecule is Cc1cc(CSc2ncccc2C(=O)NNC(=O)C2COc3ccccc3O2)no1. The molecule has 1 aliphatic rings. The van der Waals surface area contributed by atoms with Crippen molar-refractivity contribution in [2.45, 2.75) is 23.8 Å². The Labute approximate surface area is 176 Å². The second-order valence-electron chi connectivity index (χ2n) is 6.38. The molecule has 1 unspecified atom stereocenters. The molecule has 1 aromatic carbocycles. The maximum absolute atomic E-state index is 12.6. The van der Waals surface area contributed by atoms with Crippen LogP contribution in [-0.4, -0.2) is 34.7 Å². The van der Waals surface area contributed by atoms with Crippen LogP contribution >= 0.6 is 11.8 Å². The molecule has 1 aliphatic heterocycles. The zero-order valence-electron chi connectivity index (χ0n) is 16.0. The molecule has 0 bridgehead atoms. The Morgan fingerprint density at radius 3 is 2.80 bits per heavy atom. The van der Waals surface area contributed by atoms with Gasteiger partial charge in [0, 0.05) is 18.0 Å². The minimum Gasteiger partial charge on any atom is -0.485 e. The molecule has 9 nitrogen and oxygen atoms in total. The molecule has 0 saturated heterocycles. The molecule has 2 amide bonds. The van der Waals surface area contributed by atoms with Crippen molar-refractivity contribution in [2.24, 2.45) is 0 Å². The Morgan fingerprint density at radius 1 is 1.17 bits per heavy atom. The number of fused-ring (bicyclic) bond motifs is 1. The molecule has 0 fully saturated rings. The number of hydrazine groups is 1. The zero-order valence-corrected chi connectivity index (χ0v) is 16.8. The molecule has 3 aromatic rings. The topological polar surface area (TPSA) is 116 Å². The predicted octanol–water partition coefficient (Wildman–Crippen LogP) is 2.27. The van der Waals surface area contributed by atoms with Gasteiger partial charge < -0.3 is 14.0 Å². The number of hydrogen-bond acceptors (Lipinski definition) is 8. The predicted molar refractivity (Wildman–Crippen MR) is 107 cm³/mol. The fourth-order valence-electron chi connectivity index (χ4n) is 2.72. The molecule has 10 heteroatoms. The van der Waals surface area contributed by atoms with Crippen molar-refractivity contribution in [3.8, 4) is 11.5 Å². The van der Waals surface area contributed by atoms with Gasteiger partial charge in [0.25, 0.3) is 11.8 Å². The van der Waals surface area contributed by atoms with E-state index in [-0.39, 0.29) is 6.61 Å². The van der Waals surface area contributed by atoms with E-state index < -0.39 is 17.9 Å². The van der Waals surface area contributed by atoms with Gasteiger partial charge in [0.15, 0.2) is 11.5 Å². The van der Waals surface area contributed by atoms with Gasteiger partial charge in [-0.2, -0.15) is 0 Å². The van der Waals surface area contributed by atoms with Crippen LogP contribution in [0.15, 0.2) is 58.2 Å². The minimum absolute atomic E-state index is 0.0455. The minimum atomic E-state index is -0.877. The molecular weight excluding hydrogens is 408 g/mol. The van der Waals surface area contributed by atoms with Crippen LogP contribution in [0.1, 0.15) is 21.8 Å². The van der Waals surface area contributed by atoms with Gasteiger partial charge in [-0.1, -0.05) is 29.1 Å². The van der Waals surface area contributed by atoms with Gasteiger partial charge in [-0.15, -0.1) is 0 Å². The first-order chi connectivity index (χ1) is 14.6. The number of nitrogens with one attached hydrogen (secondary N) is 2. The second-order valence-corrected chi connectivity index (χ2v) is 7.35. The van der Waals surface area contributed by atoms with Crippen LogP contribution in [0.2, 0.25) is 0 Å². The van der Waals surface area contributed by atoms with Crippen molar-refractivity contribution in [1.82, 2.24) is 21.0 Å². The monoisotopic (exact) mass is 426 g/mol. The molecule has 1 atom stereocenters. The van der Waals surface area contributed by atoms with Crippen LogP contribution in [0, 0.1) is 6.92 Å². The van der Waals surface area contributed by atoms with Crippen LogP contribution in [0.25, 0.3) is 0 Å². The van der Waals surface area contributed by atoms with Gasteiger partial charge in [0.2, 0.25) is 6.10 Å². The molecule has 0 spiro atoms. The number of ether oxygens (including phenoxy) is 2. The maximum Gasteiger partial charge on any atom is 0.283 e. The molecule has 2 aromatic heterocycles. The summed E-state index contributed by atoms with van der Waals surface area (Å²) in [6.45, 7) is 1.85. The highest BCUT2D eigenvalue weighted by molar-refractivity contribution is 7.98. The Kier molecular flexibility index (Phi) is 5.84. The second kappa shape index (κ2) is 8.87. The Balaban J connectivity index is 1.34. The average Bonchev–Trinajstić information content (AvgIpc) is 3.20. The van der Waals surface area contributed by atoms with E-state index in [0.29, 0.717) is 33.6 Å². The van der Waals surface area contributed by atoms with Crippen molar-refractivity contribution in [3.05, 3.63) is 65.7 Å². The largest absolute Gasteiger partial charge is 0.485 e. The number of aryl methyl sites for hydroxylation is 1. The number of para-hydroxylation sites is 2. The van der Waals surface area contributed by atoms with Crippen LogP contribution in [-0.2, 0) is 10.5 Å². The van der Waals surface area contributed by atoms with Crippen LogP contribution in [0.4, 0.5) is 0 Å². The fourth-order valence-corrected chi connectivity index (χ4v) is 3.59. The number of pyridine rings is 1. The molecule has 2 N–H and O–H groups in total. The smallest absolute Gasteiger partial charge is 0.283 e. The van der Waals surface area contributed by atoms with Gasteiger partial charge in [-0.25, -0.2) is 4.98 Å². The number of carbonyl (C=O) groups excluding carboxylic acids is 2. The zero-order chi connectivity index (χ0) is 20.9. The standard InChI is InChI=1S/C20H18N4O5S/c1-12-9-13(24-29-12)11-30-20-14(5-4-8-21-20)18(25)22-23-19(26)17-10-27-15-6-2-3-7-16(15)28-17/h2-9,17H,10-11H2,1H3,(H,22,25)(H,23,26). The summed E-state index contributed by atoms with van der Waals surface area (Å²) in [6, 6.07) is 12.2. The third kappa shape index (κ3) is 4.54.